The molecule has 1 saturated carbocycles. The van der Waals surface area contributed by atoms with Gasteiger partial charge in [0.1, 0.15) is 5.75 Å². The lowest BCUT2D eigenvalue weighted by atomic mass is 9.79. The van der Waals surface area contributed by atoms with Crippen LogP contribution in [0.15, 0.2) is 29.2 Å². The Hall–Kier alpha value is -1.11. The predicted molar refractivity (Wildman–Crippen MR) is 82.7 cm³/mol. The van der Waals surface area contributed by atoms with Crippen LogP contribution in [0.5, 0.6) is 5.75 Å². The third-order valence-corrected chi connectivity index (χ3v) is 5.71. The zero-order valence-corrected chi connectivity index (χ0v) is 13.2. The Labute approximate surface area is 126 Å². The largest absolute Gasteiger partial charge is 0.497 e. The fraction of sp³-hybridized carbons (Fsp3) is 0.600. The molecule has 2 atom stereocenters. The van der Waals surface area contributed by atoms with Crippen molar-refractivity contribution < 1.29 is 13.2 Å². The van der Waals surface area contributed by atoms with Crippen molar-refractivity contribution in [1.82, 2.24) is 4.72 Å². The Bertz CT molecular complexity index is 543. The summed E-state index contributed by atoms with van der Waals surface area (Å²) in [5, 5.41) is 0. The quantitative estimate of drug-likeness (QED) is 0.838. The number of sulfonamides is 1. The second-order valence-corrected chi connectivity index (χ2v) is 7.33. The SMILES string of the molecule is COc1ccc(S(=O)(=O)NCC2CCCCC2CN)cc1. The van der Waals surface area contributed by atoms with Gasteiger partial charge < -0.3 is 10.5 Å². The average Bonchev–Trinajstić information content (AvgIpc) is 2.53. The molecule has 2 unspecified atom stereocenters. The van der Waals surface area contributed by atoms with E-state index < -0.39 is 10.0 Å². The van der Waals surface area contributed by atoms with Crippen molar-refractivity contribution in [2.24, 2.45) is 17.6 Å². The minimum Gasteiger partial charge on any atom is -0.497 e. The maximum Gasteiger partial charge on any atom is 0.240 e. The van der Waals surface area contributed by atoms with E-state index in [-0.39, 0.29) is 4.90 Å². The number of nitrogens with one attached hydrogen (secondary N) is 1. The van der Waals surface area contributed by atoms with Crippen LogP contribution in [0.2, 0.25) is 0 Å². The molecule has 1 aromatic rings. The summed E-state index contributed by atoms with van der Waals surface area (Å²) in [6, 6.07) is 6.42. The summed E-state index contributed by atoms with van der Waals surface area (Å²) in [4.78, 5) is 0.267. The van der Waals surface area contributed by atoms with Gasteiger partial charge in [0.15, 0.2) is 0 Å². The zero-order chi connectivity index (χ0) is 15.3. The summed E-state index contributed by atoms with van der Waals surface area (Å²) in [6.07, 6.45) is 4.51. The molecule has 2 rings (SSSR count). The van der Waals surface area contributed by atoms with Crippen LogP contribution in [0.25, 0.3) is 0 Å². The highest BCUT2D eigenvalue weighted by atomic mass is 32.2. The van der Waals surface area contributed by atoms with Gasteiger partial charge in [-0.1, -0.05) is 12.8 Å². The van der Waals surface area contributed by atoms with Gasteiger partial charge >= 0.3 is 0 Å². The molecule has 0 saturated heterocycles. The zero-order valence-electron chi connectivity index (χ0n) is 12.4. The van der Waals surface area contributed by atoms with Crippen LogP contribution in [0.4, 0.5) is 0 Å². The Kier molecular flexibility index (Phi) is 5.61. The number of methoxy groups -OCH3 is 1. The normalized spacial score (nSPS) is 23.0. The van der Waals surface area contributed by atoms with Gasteiger partial charge in [0.2, 0.25) is 10.0 Å². The first-order valence-corrected chi connectivity index (χ1v) is 8.89. The number of rotatable bonds is 6. The van der Waals surface area contributed by atoms with Gasteiger partial charge in [-0.25, -0.2) is 13.1 Å². The number of hydrogen-bond donors (Lipinski definition) is 2. The van der Waals surface area contributed by atoms with Gasteiger partial charge in [-0.05, 0) is 55.5 Å². The van der Waals surface area contributed by atoms with Gasteiger partial charge in [-0.15, -0.1) is 0 Å². The molecule has 0 aromatic heterocycles. The van der Waals surface area contributed by atoms with Gasteiger partial charge in [0, 0.05) is 6.54 Å². The van der Waals surface area contributed by atoms with E-state index in [4.69, 9.17) is 10.5 Å². The molecule has 0 radical (unpaired) electrons. The minimum absolute atomic E-state index is 0.267. The monoisotopic (exact) mass is 312 g/mol. The van der Waals surface area contributed by atoms with E-state index in [9.17, 15) is 8.42 Å². The second kappa shape index (κ2) is 7.24. The summed E-state index contributed by atoms with van der Waals surface area (Å²) in [5.41, 5.74) is 5.78. The third kappa shape index (κ3) is 4.18. The topological polar surface area (TPSA) is 81.4 Å². The smallest absolute Gasteiger partial charge is 0.240 e. The van der Waals surface area contributed by atoms with E-state index in [1.165, 1.54) is 6.42 Å². The van der Waals surface area contributed by atoms with E-state index in [0.29, 0.717) is 30.7 Å². The Balaban J connectivity index is 1.99. The molecule has 118 valence electrons. The van der Waals surface area contributed by atoms with Crippen LogP contribution in [-0.2, 0) is 10.0 Å². The average molecular weight is 312 g/mol. The van der Waals surface area contributed by atoms with E-state index in [1.807, 2.05) is 0 Å². The lowest BCUT2D eigenvalue weighted by molar-refractivity contribution is 0.244. The molecule has 1 fully saturated rings. The van der Waals surface area contributed by atoms with E-state index in [0.717, 1.165) is 19.3 Å². The Morgan fingerprint density at radius 2 is 1.81 bits per heavy atom. The molecule has 21 heavy (non-hydrogen) atoms. The van der Waals surface area contributed by atoms with Crippen molar-refractivity contribution in [3.05, 3.63) is 24.3 Å². The Morgan fingerprint density at radius 3 is 2.38 bits per heavy atom. The number of ether oxygens (including phenoxy) is 1. The first kappa shape index (κ1) is 16.3. The van der Waals surface area contributed by atoms with E-state index in [1.54, 1.807) is 31.4 Å². The summed E-state index contributed by atoms with van der Waals surface area (Å²) in [7, 11) is -1.91. The molecule has 0 amide bonds. The fourth-order valence-corrected chi connectivity index (χ4v) is 4.01. The summed E-state index contributed by atoms with van der Waals surface area (Å²) in [5.74, 6) is 1.42. The van der Waals surface area contributed by atoms with Gasteiger partial charge in [-0.2, -0.15) is 0 Å². The van der Waals surface area contributed by atoms with Crippen LogP contribution < -0.4 is 15.2 Å². The molecule has 6 heteroatoms. The number of hydrogen-bond acceptors (Lipinski definition) is 4. The summed E-state index contributed by atoms with van der Waals surface area (Å²) < 4.78 is 32.3. The second-order valence-electron chi connectivity index (χ2n) is 5.57. The third-order valence-electron chi connectivity index (χ3n) is 4.27. The molecule has 0 heterocycles. The highest BCUT2D eigenvalue weighted by Gasteiger charge is 2.25. The highest BCUT2D eigenvalue weighted by Crippen LogP contribution is 2.29. The summed E-state index contributed by atoms with van der Waals surface area (Å²) >= 11 is 0. The molecule has 0 bridgehead atoms. The molecule has 3 N–H and O–H groups in total. The maximum atomic E-state index is 12.3. The fourth-order valence-electron chi connectivity index (χ4n) is 2.92. The van der Waals surface area contributed by atoms with Crippen LogP contribution in [0, 0.1) is 11.8 Å². The van der Waals surface area contributed by atoms with E-state index in [2.05, 4.69) is 4.72 Å². The number of nitrogens with two attached hydrogens (primary N) is 1. The maximum absolute atomic E-state index is 12.3. The van der Waals surface area contributed by atoms with Crippen molar-refractivity contribution in [2.45, 2.75) is 30.6 Å². The predicted octanol–water partition coefficient (Wildman–Crippen LogP) is 1.74. The van der Waals surface area contributed by atoms with Gasteiger partial charge in [0.05, 0.1) is 12.0 Å². The molecule has 5 nitrogen and oxygen atoms in total. The van der Waals surface area contributed by atoms with Crippen LogP contribution in [-0.4, -0.2) is 28.6 Å². The lowest BCUT2D eigenvalue weighted by Crippen LogP contribution is -2.36. The minimum atomic E-state index is -3.46. The first-order valence-electron chi connectivity index (χ1n) is 7.40. The van der Waals surface area contributed by atoms with Gasteiger partial charge in [0.25, 0.3) is 0 Å². The van der Waals surface area contributed by atoms with Gasteiger partial charge in [-0.3, -0.25) is 0 Å². The Morgan fingerprint density at radius 1 is 1.19 bits per heavy atom. The molecule has 1 aliphatic rings. The standard InChI is InChI=1S/C15H24N2O3S/c1-20-14-6-8-15(9-7-14)21(18,19)17-11-13-5-3-2-4-12(13)10-16/h6-9,12-13,17H,2-5,10-11,16H2,1H3. The van der Waals surface area contributed by atoms with Crippen LogP contribution in [0.1, 0.15) is 25.7 Å². The van der Waals surface area contributed by atoms with Crippen molar-refractivity contribution in [3.63, 3.8) is 0 Å². The highest BCUT2D eigenvalue weighted by molar-refractivity contribution is 7.89. The molecular weight excluding hydrogens is 288 g/mol. The van der Waals surface area contributed by atoms with Crippen LogP contribution >= 0.6 is 0 Å². The lowest BCUT2D eigenvalue weighted by Gasteiger charge is -2.30. The van der Waals surface area contributed by atoms with Crippen molar-refractivity contribution >= 4 is 10.0 Å². The van der Waals surface area contributed by atoms with Crippen LogP contribution in [0.3, 0.4) is 0 Å². The molecule has 1 aromatic carbocycles. The molecule has 0 spiro atoms. The number of benzene rings is 1. The molecule has 0 aliphatic heterocycles. The van der Waals surface area contributed by atoms with Crippen molar-refractivity contribution in [1.29, 1.82) is 0 Å². The van der Waals surface area contributed by atoms with Crippen molar-refractivity contribution in [2.75, 3.05) is 20.2 Å². The first-order chi connectivity index (χ1) is 10.1. The summed E-state index contributed by atoms with van der Waals surface area (Å²) in [6.45, 7) is 1.10. The van der Waals surface area contributed by atoms with Crippen molar-refractivity contribution in [3.8, 4) is 5.75 Å². The molecular formula is C15H24N2O3S. The molecule has 1 aliphatic carbocycles. The van der Waals surface area contributed by atoms with E-state index >= 15 is 0 Å².